The van der Waals surface area contributed by atoms with Gasteiger partial charge in [0.2, 0.25) is 0 Å². The lowest BCUT2D eigenvalue weighted by Crippen LogP contribution is -2.13. The van der Waals surface area contributed by atoms with Crippen LogP contribution >= 0.6 is 34.8 Å². The van der Waals surface area contributed by atoms with Crippen molar-refractivity contribution in [3.63, 3.8) is 0 Å². The summed E-state index contributed by atoms with van der Waals surface area (Å²) in [6.45, 7) is 4.33. The van der Waals surface area contributed by atoms with E-state index in [2.05, 4.69) is 5.32 Å². The van der Waals surface area contributed by atoms with Crippen LogP contribution in [0.25, 0.3) is 6.08 Å². The van der Waals surface area contributed by atoms with Crippen LogP contribution in [0.15, 0.2) is 60.2 Å². The van der Waals surface area contributed by atoms with Crippen LogP contribution in [0.4, 0.5) is 5.69 Å². The minimum atomic E-state index is -0.570. The van der Waals surface area contributed by atoms with Gasteiger partial charge >= 0.3 is 0 Å². The third-order valence-corrected chi connectivity index (χ3v) is 5.67. The molecule has 5 nitrogen and oxygen atoms in total. The van der Waals surface area contributed by atoms with Crippen LogP contribution < -0.4 is 14.8 Å². The van der Waals surface area contributed by atoms with Gasteiger partial charge in [-0.05, 0) is 73.0 Å². The number of nitrogens with zero attached hydrogens (tertiary/aromatic N) is 1. The van der Waals surface area contributed by atoms with Gasteiger partial charge in [0.25, 0.3) is 5.91 Å². The number of nitrogens with one attached hydrogen (secondary N) is 1. The van der Waals surface area contributed by atoms with Gasteiger partial charge in [0.05, 0.1) is 11.6 Å². The maximum absolute atomic E-state index is 12.6. The normalized spacial score (nSPS) is 11.0. The fourth-order valence-electron chi connectivity index (χ4n) is 2.99. The van der Waals surface area contributed by atoms with E-state index in [-0.39, 0.29) is 17.2 Å². The molecule has 0 bridgehead atoms. The standard InChI is InChI=1S/C26H21Cl3N2O3/c1-3-33-24-12-18(11-23(29)25(24)34-15-17-5-7-20(27)8-6-17)10-19(14-30)26(32)31-21-9-4-16(2)22(28)13-21/h4-13H,3,15H2,1-2H3,(H,31,32)/b19-10-. The molecule has 34 heavy (non-hydrogen) atoms. The molecule has 3 aromatic rings. The molecular weight excluding hydrogens is 495 g/mol. The average molecular weight is 516 g/mol. The summed E-state index contributed by atoms with van der Waals surface area (Å²) >= 11 is 18.5. The van der Waals surface area contributed by atoms with Crippen molar-refractivity contribution in [3.8, 4) is 17.6 Å². The van der Waals surface area contributed by atoms with Gasteiger partial charge in [-0.15, -0.1) is 0 Å². The van der Waals surface area contributed by atoms with Gasteiger partial charge in [-0.2, -0.15) is 5.26 Å². The van der Waals surface area contributed by atoms with Gasteiger partial charge in [-0.1, -0.05) is 53.0 Å². The highest BCUT2D eigenvalue weighted by molar-refractivity contribution is 6.32. The minimum Gasteiger partial charge on any atom is -0.490 e. The zero-order valence-electron chi connectivity index (χ0n) is 18.5. The molecule has 0 heterocycles. The highest BCUT2D eigenvalue weighted by Gasteiger charge is 2.15. The summed E-state index contributed by atoms with van der Waals surface area (Å²) in [5.41, 5.74) is 2.69. The van der Waals surface area contributed by atoms with Gasteiger partial charge in [0.1, 0.15) is 18.2 Å². The van der Waals surface area contributed by atoms with Crippen molar-refractivity contribution in [1.82, 2.24) is 0 Å². The predicted molar refractivity (Wildman–Crippen MR) is 137 cm³/mol. The summed E-state index contributed by atoms with van der Waals surface area (Å²) in [5, 5.41) is 13.7. The molecule has 3 aromatic carbocycles. The second kappa shape index (κ2) is 11.8. The number of carbonyl (C=O) groups excluding carboxylic acids is 1. The van der Waals surface area contributed by atoms with Gasteiger partial charge in [-0.3, -0.25) is 4.79 Å². The number of carbonyl (C=O) groups is 1. The molecule has 0 aliphatic carbocycles. The van der Waals surface area contributed by atoms with E-state index in [4.69, 9.17) is 44.3 Å². The monoisotopic (exact) mass is 514 g/mol. The summed E-state index contributed by atoms with van der Waals surface area (Å²) in [7, 11) is 0. The summed E-state index contributed by atoms with van der Waals surface area (Å²) in [4.78, 5) is 12.6. The Balaban J connectivity index is 1.84. The zero-order chi connectivity index (χ0) is 24.7. The van der Waals surface area contributed by atoms with Crippen LogP contribution in [-0.4, -0.2) is 12.5 Å². The highest BCUT2D eigenvalue weighted by Crippen LogP contribution is 2.38. The van der Waals surface area contributed by atoms with Crippen LogP contribution in [0.5, 0.6) is 11.5 Å². The second-order valence-corrected chi connectivity index (χ2v) is 8.52. The first-order valence-electron chi connectivity index (χ1n) is 10.3. The number of aryl methyl sites for hydroxylation is 1. The van der Waals surface area contributed by atoms with Crippen molar-refractivity contribution >= 4 is 52.5 Å². The Morgan fingerprint density at radius 1 is 1.03 bits per heavy atom. The number of hydrogen-bond acceptors (Lipinski definition) is 4. The molecule has 0 fully saturated rings. The van der Waals surface area contributed by atoms with Gasteiger partial charge in [0, 0.05) is 15.7 Å². The van der Waals surface area contributed by atoms with Crippen LogP contribution in [0.2, 0.25) is 15.1 Å². The van der Waals surface area contributed by atoms with Gasteiger partial charge in [0.15, 0.2) is 11.5 Å². The number of hydrogen-bond donors (Lipinski definition) is 1. The molecule has 0 saturated carbocycles. The van der Waals surface area contributed by atoms with Crippen LogP contribution in [-0.2, 0) is 11.4 Å². The Hall–Kier alpha value is -3.17. The number of ether oxygens (including phenoxy) is 2. The van der Waals surface area contributed by atoms with E-state index < -0.39 is 5.91 Å². The summed E-state index contributed by atoms with van der Waals surface area (Å²) in [5.74, 6) is 0.200. The van der Waals surface area contributed by atoms with Gasteiger partial charge < -0.3 is 14.8 Å². The van der Waals surface area contributed by atoms with Crippen LogP contribution in [0, 0.1) is 18.3 Å². The third kappa shape index (κ3) is 6.68. The number of halogens is 3. The molecule has 3 rings (SSSR count). The van der Waals surface area contributed by atoms with Crippen molar-refractivity contribution in [2.45, 2.75) is 20.5 Å². The van der Waals surface area contributed by atoms with Crippen LogP contribution in [0.1, 0.15) is 23.6 Å². The van der Waals surface area contributed by atoms with Crippen LogP contribution in [0.3, 0.4) is 0 Å². The Morgan fingerprint density at radius 3 is 2.41 bits per heavy atom. The Labute approximate surface area is 213 Å². The molecule has 0 unspecified atom stereocenters. The Kier molecular flexibility index (Phi) is 8.84. The topological polar surface area (TPSA) is 71.3 Å². The minimum absolute atomic E-state index is 0.106. The molecule has 174 valence electrons. The molecule has 1 N–H and O–H groups in total. The molecule has 0 saturated heterocycles. The van der Waals surface area contributed by atoms with Crippen molar-refractivity contribution < 1.29 is 14.3 Å². The fourth-order valence-corrected chi connectivity index (χ4v) is 3.57. The first-order valence-corrected chi connectivity index (χ1v) is 11.5. The molecule has 1 amide bonds. The number of nitriles is 1. The summed E-state index contributed by atoms with van der Waals surface area (Å²) in [6, 6.07) is 17.6. The van der Waals surface area contributed by atoms with E-state index in [0.717, 1.165) is 11.1 Å². The van der Waals surface area contributed by atoms with E-state index in [9.17, 15) is 10.1 Å². The lowest BCUT2D eigenvalue weighted by molar-refractivity contribution is -0.112. The number of amides is 1. The Morgan fingerprint density at radius 2 is 1.76 bits per heavy atom. The maximum Gasteiger partial charge on any atom is 0.266 e. The van der Waals surface area contributed by atoms with E-state index in [1.165, 1.54) is 6.08 Å². The first kappa shape index (κ1) is 25.5. The van der Waals surface area contributed by atoms with Crippen molar-refractivity contribution in [2.75, 3.05) is 11.9 Å². The lowest BCUT2D eigenvalue weighted by Gasteiger charge is -2.15. The fraction of sp³-hybridized carbons (Fsp3) is 0.154. The Bertz CT molecular complexity index is 1270. The van der Waals surface area contributed by atoms with Crippen molar-refractivity contribution in [3.05, 3.63) is 91.9 Å². The molecule has 0 radical (unpaired) electrons. The van der Waals surface area contributed by atoms with E-state index >= 15 is 0 Å². The molecular formula is C26H21Cl3N2O3. The quantitative estimate of drug-likeness (QED) is 0.249. The van der Waals surface area contributed by atoms with E-state index in [0.29, 0.717) is 39.4 Å². The number of benzene rings is 3. The molecule has 0 aliphatic heterocycles. The summed E-state index contributed by atoms with van der Waals surface area (Å²) in [6.07, 6.45) is 1.43. The maximum atomic E-state index is 12.6. The molecule has 0 aliphatic rings. The summed E-state index contributed by atoms with van der Waals surface area (Å²) < 4.78 is 11.6. The van der Waals surface area contributed by atoms with E-state index in [1.54, 1.807) is 42.5 Å². The molecule has 8 heteroatoms. The largest absolute Gasteiger partial charge is 0.490 e. The SMILES string of the molecule is CCOc1cc(/C=C(/C#N)C(=O)Nc2ccc(C)c(Cl)c2)cc(Cl)c1OCc1ccc(Cl)cc1. The zero-order valence-corrected chi connectivity index (χ0v) is 20.8. The molecule has 0 atom stereocenters. The lowest BCUT2D eigenvalue weighted by atomic mass is 10.1. The molecule has 0 aromatic heterocycles. The average Bonchev–Trinajstić information content (AvgIpc) is 2.80. The predicted octanol–water partition coefficient (Wildman–Crippen LogP) is 7.48. The molecule has 0 spiro atoms. The smallest absolute Gasteiger partial charge is 0.266 e. The van der Waals surface area contributed by atoms with E-state index in [1.807, 2.05) is 32.0 Å². The van der Waals surface area contributed by atoms with Crippen molar-refractivity contribution in [2.24, 2.45) is 0 Å². The van der Waals surface area contributed by atoms with Crippen molar-refractivity contribution in [1.29, 1.82) is 5.26 Å². The second-order valence-electron chi connectivity index (χ2n) is 7.27. The third-order valence-electron chi connectivity index (χ3n) is 4.73. The van der Waals surface area contributed by atoms with Gasteiger partial charge in [-0.25, -0.2) is 0 Å². The highest BCUT2D eigenvalue weighted by atomic mass is 35.5. The number of anilines is 1. The number of rotatable bonds is 8. The first-order chi connectivity index (χ1) is 16.3.